The number of benzene rings is 1. The Labute approximate surface area is 86.4 Å². The molecule has 1 atom stereocenters. The van der Waals surface area contributed by atoms with Crippen LogP contribution in [0.2, 0.25) is 0 Å². The second-order valence-corrected chi connectivity index (χ2v) is 3.71. The maximum Gasteiger partial charge on any atom is 0.0491 e. The summed E-state index contributed by atoms with van der Waals surface area (Å²) in [5.74, 6) is 0.578. The highest BCUT2D eigenvalue weighted by Crippen LogP contribution is 2.10. The molecule has 1 aromatic rings. The van der Waals surface area contributed by atoms with Crippen molar-refractivity contribution in [1.82, 2.24) is 0 Å². The monoisotopic (exact) mass is 190 g/mol. The molecule has 0 amide bonds. The summed E-state index contributed by atoms with van der Waals surface area (Å²) < 4.78 is 5.10. The molecule has 1 heteroatoms. The zero-order valence-electron chi connectivity index (χ0n) is 8.99. The molecule has 1 aromatic carbocycles. The zero-order chi connectivity index (χ0) is 10.4. The molecule has 0 saturated carbocycles. The Hall–Kier alpha value is -1.08. The molecule has 0 saturated heterocycles. The molecule has 0 spiro atoms. The lowest BCUT2D eigenvalue weighted by Gasteiger charge is -2.09. The van der Waals surface area contributed by atoms with Crippen molar-refractivity contribution >= 4 is 6.08 Å². The van der Waals surface area contributed by atoms with Crippen LogP contribution in [-0.2, 0) is 11.2 Å². The molecule has 0 aliphatic heterocycles. The predicted octanol–water partition coefficient (Wildman–Crippen LogP) is 3.15. The van der Waals surface area contributed by atoms with Crippen LogP contribution >= 0.6 is 0 Å². The van der Waals surface area contributed by atoms with Gasteiger partial charge in [0.15, 0.2) is 0 Å². The molecule has 0 heterocycles. The minimum Gasteiger partial charge on any atom is -0.384 e. The Morgan fingerprint density at radius 3 is 2.50 bits per heavy atom. The van der Waals surface area contributed by atoms with Gasteiger partial charge in [-0.3, -0.25) is 0 Å². The minimum atomic E-state index is 0.578. The highest BCUT2D eigenvalue weighted by Gasteiger charge is 2.02. The molecular weight excluding hydrogens is 172 g/mol. The van der Waals surface area contributed by atoms with Crippen molar-refractivity contribution in [3.8, 4) is 0 Å². The third-order valence-corrected chi connectivity index (χ3v) is 2.25. The summed E-state index contributed by atoms with van der Waals surface area (Å²) in [5.41, 5.74) is 2.54. The van der Waals surface area contributed by atoms with E-state index in [1.165, 1.54) is 11.1 Å². The van der Waals surface area contributed by atoms with Gasteiger partial charge >= 0.3 is 0 Å². The number of methoxy groups -OCH3 is 1. The first-order valence-corrected chi connectivity index (χ1v) is 4.96. The van der Waals surface area contributed by atoms with E-state index in [0.717, 1.165) is 13.0 Å². The van der Waals surface area contributed by atoms with E-state index in [1.807, 2.05) is 6.08 Å². The van der Waals surface area contributed by atoms with Crippen LogP contribution in [0, 0.1) is 5.92 Å². The van der Waals surface area contributed by atoms with E-state index in [9.17, 15) is 0 Å². The van der Waals surface area contributed by atoms with E-state index in [2.05, 4.69) is 37.8 Å². The van der Waals surface area contributed by atoms with Crippen LogP contribution in [0.25, 0.3) is 6.08 Å². The Morgan fingerprint density at radius 1 is 1.36 bits per heavy atom. The Bertz CT molecular complexity index is 274. The largest absolute Gasteiger partial charge is 0.384 e. The van der Waals surface area contributed by atoms with Gasteiger partial charge in [0.2, 0.25) is 0 Å². The molecule has 0 aromatic heterocycles. The van der Waals surface area contributed by atoms with Crippen LogP contribution in [-0.4, -0.2) is 13.7 Å². The molecular formula is C13H18O. The molecule has 1 nitrogen and oxygen atoms in total. The number of hydrogen-bond acceptors (Lipinski definition) is 1. The average molecular weight is 190 g/mol. The predicted molar refractivity (Wildman–Crippen MR) is 61.3 cm³/mol. The molecule has 0 aliphatic rings. The third kappa shape index (κ3) is 3.35. The van der Waals surface area contributed by atoms with E-state index in [4.69, 9.17) is 4.74 Å². The molecule has 1 rings (SSSR count). The quantitative estimate of drug-likeness (QED) is 0.693. The van der Waals surface area contributed by atoms with Gasteiger partial charge in [-0.1, -0.05) is 43.8 Å². The maximum atomic E-state index is 5.10. The summed E-state index contributed by atoms with van der Waals surface area (Å²) in [7, 11) is 1.75. The number of ether oxygens (including phenoxy) is 1. The number of rotatable bonds is 5. The van der Waals surface area contributed by atoms with Gasteiger partial charge in [-0.2, -0.15) is 0 Å². The lowest BCUT2D eigenvalue weighted by Crippen LogP contribution is -2.06. The summed E-state index contributed by atoms with van der Waals surface area (Å²) >= 11 is 0. The van der Waals surface area contributed by atoms with Crippen LogP contribution in [0.4, 0.5) is 0 Å². The van der Waals surface area contributed by atoms with Gasteiger partial charge in [-0.15, -0.1) is 0 Å². The van der Waals surface area contributed by atoms with Crippen molar-refractivity contribution in [2.75, 3.05) is 13.7 Å². The molecule has 0 fully saturated rings. The standard InChI is InChI=1S/C13H18O/c1-4-12-5-7-13(8-6-12)9-11(2)10-14-3/h4-8,11H,1,9-10H2,2-3H3. The first kappa shape index (κ1) is 11.0. The smallest absolute Gasteiger partial charge is 0.0491 e. The summed E-state index contributed by atoms with van der Waals surface area (Å²) in [6.45, 7) is 6.75. The van der Waals surface area contributed by atoms with E-state index < -0.39 is 0 Å². The summed E-state index contributed by atoms with van der Waals surface area (Å²) in [6.07, 6.45) is 2.94. The summed E-state index contributed by atoms with van der Waals surface area (Å²) in [4.78, 5) is 0. The van der Waals surface area contributed by atoms with E-state index in [0.29, 0.717) is 5.92 Å². The van der Waals surface area contributed by atoms with Gasteiger partial charge in [-0.05, 0) is 23.5 Å². The summed E-state index contributed by atoms with van der Waals surface area (Å²) in [6, 6.07) is 8.51. The lowest BCUT2D eigenvalue weighted by molar-refractivity contribution is 0.159. The van der Waals surface area contributed by atoms with E-state index in [1.54, 1.807) is 7.11 Å². The molecule has 0 radical (unpaired) electrons. The Morgan fingerprint density at radius 2 is 2.00 bits per heavy atom. The van der Waals surface area contributed by atoms with Gasteiger partial charge in [0.05, 0.1) is 0 Å². The summed E-state index contributed by atoms with van der Waals surface area (Å²) in [5, 5.41) is 0. The minimum absolute atomic E-state index is 0.578. The van der Waals surface area contributed by atoms with Crippen molar-refractivity contribution in [3.05, 3.63) is 42.0 Å². The van der Waals surface area contributed by atoms with Gasteiger partial charge < -0.3 is 4.74 Å². The zero-order valence-corrected chi connectivity index (χ0v) is 8.99. The van der Waals surface area contributed by atoms with E-state index in [-0.39, 0.29) is 0 Å². The second kappa shape index (κ2) is 5.61. The normalized spacial score (nSPS) is 12.4. The fourth-order valence-corrected chi connectivity index (χ4v) is 1.54. The van der Waals surface area contributed by atoms with E-state index >= 15 is 0 Å². The molecule has 0 N–H and O–H groups in total. The lowest BCUT2D eigenvalue weighted by atomic mass is 10.0. The Balaban J connectivity index is 2.55. The van der Waals surface area contributed by atoms with Crippen LogP contribution in [0.15, 0.2) is 30.8 Å². The van der Waals surface area contributed by atoms with Crippen molar-refractivity contribution in [2.45, 2.75) is 13.3 Å². The van der Waals surface area contributed by atoms with Crippen molar-refractivity contribution in [2.24, 2.45) is 5.92 Å². The van der Waals surface area contributed by atoms with Crippen LogP contribution < -0.4 is 0 Å². The first-order chi connectivity index (χ1) is 6.76. The highest BCUT2D eigenvalue weighted by molar-refractivity contribution is 5.47. The molecule has 1 unspecified atom stereocenters. The van der Waals surface area contributed by atoms with Gasteiger partial charge in [0, 0.05) is 13.7 Å². The topological polar surface area (TPSA) is 9.23 Å². The first-order valence-electron chi connectivity index (χ1n) is 4.96. The fraction of sp³-hybridized carbons (Fsp3) is 0.385. The van der Waals surface area contributed by atoms with Crippen molar-refractivity contribution in [1.29, 1.82) is 0 Å². The van der Waals surface area contributed by atoms with Crippen LogP contribution in [0.3, 0.4) is 0 Å². The van der Waals surface area contributed by atoms with Crippen molar-refractivity contribution in [3.63, 3.8) is 0 Å². The van der Waals surface area contributed by atoms with Crippen molar-refractivity contribution < 1.29 is 4.74 Å². The second-order valence-electron chi connectivity index (χ2n) is 3.71. The fourth-order valence-electron chi connectivity index (χ4n) is 1.54. The third-order valence-electron chi connectivity index (χ3n) is 2.25. The average Bonchev–Trinajstić information content (AvgIpc) is 2.19. The molecule has 0 aliphatic carbocycles. The number of hydrogen-bond donors (Lipinski definition) is 0. The molecule has 0 bridgehead atoms. The maximum absolute atomic E-state index is 5.10. The van der Waals surface area contributed by atoms with Gasteiger partial charge in [0.25, 0.3) is 0 Å². The SMILES string of the molecule is C=Cc1ccc(CC(C)COC)cc1. The molecule has 76 valence electrons. The van der Waals surface area contributed by atoms with Crippen LogP contribution in [0.1, 0.15) is 18.1 Å². The van der Waals surface area contributed by atoms with Gasteiger partial charge in [-0.25, -0.2) is 0 Å². The van der Waals surface area contributed by atoms with Gasteiger partial charge in [0.1, 0.15) is 0 Å². The van der Waals surface area contributed by atoms with Crippen LogP contribution in [0.5, 0.6) is 0 Å². The Kier molecular flexibility index (Phi) is 4.41. The molecule has 14 heavy (non-hydrogen) atoms. The highest BCUT2D eigenvalue weighted by atomic mass is 16.5.